The van der Waals surface area contributed by atoms with E-state index in [9.17, 15) is 9.59 Å². The summed E-state index contributed by atoms with van der Waals surface area (Å²) in [5.74, 6) is 0.784. The first-order valence-electron chi connectivity index (χ1n) is 7.75. The quantitative estimate of drug-likeness (QED) is 0.712. The predicted molar refractivity (Wildman–Crippen MR) is 87.7 cm³/mol. The Hall–Kier alpha value is -2.76. The molecule has 2 rings (SSSR count). The van der Waals surface area contributed by atoms with Gasteiger partial charge in [0.2, 0.25) is 0 Å². The van der Waals surface area contributed by atoms with Gasteiger partial charge in [0.25, 0.3) is 5.91 Å². The van der Waals surface area contributed by atoms with Gasteiger partial charge in [-0.05, 0) is 36.2 Å². The van der Waals surface area contributed by atoms with Gasteiger partial charge in [-0.25, -0.2) is 0 Å². The summed E-state index contributed by atoms with van der Waals surface area (Å²) in [6, 6.07) is 11.2. The average molecular weight is 331 g/mol. The predicted octanol–water partition coefficient (Wildman–Crippen LogP) is 2.12. The van der Waals surface area contributed by atoms with Crippen LogP contribution in [0.1, 0.15) is 17.7 Å². The summed E-state index contributed by atoms with van der Waals surface area (Å²) in [4.78, 5) is 23.2. The van der Waals surface area contributed by atoms with Gasteiger partial charge in [-0.2, -0.15) is 0 Å². The Bertz CT molecular complexity index is 634. The molecule has 1 heterocycles. The number of benzene rings is 1. The van der Waals surface area contributed by atoms with Crippen molar-refractivity contribution in [1.29, 1.82) is 0 Å². The van der Waals surface area contributed by atoms with E-state index in [2.05, 4.69) is 5.32 Å². The van der Waals surface area contributed by atoms with Crippen LogP contribution in [0.2, 0.25) is 0 Å². The lowest BCUT2D eigenvalue weighted by molar-refractivity contribution is -0.148. The van der Waals surface area contributed by atoms with Crippen LogP contribution in [0, 0.1) is 0 Å². The Morgan fingerprint density at radius 1 is 1.12 bits per heavy atom. The van der Waals surface area contributed by atoms with E-state index in [-0.39, 0.29) is 18.9 Å². The van der Waals surface area contributed by atoms with E-state index in [1.807, 2.05) is 24.3 Å². The third-order valence-electron chi connectivity index (χ3n) is 3.41. The Labute approximate surface area is 140 Å². The maximum absolute atomic E-state index is 11.6. The molecular formula is C18H21NO5. The van der Waals surface area contributed by atoms with Gasteiger partial charge < -0.3 is 19.2 Å². The largest absolute Gasteiger partial charge is 0.497 e. The number of nitrogens with one attached hydrogen (secondary N) is 1. The summed E-state index contributed by atoms with van der Waals surface area (Å²) in [5.41, 5.74) is 1.09. The van der Waals surface area contributed by atoms with Gasteiger partial charge in [0, 0.05) is 13.0 Å². The highest BCUT2D eigenvalue weighted by Gasteiger charge is 2.08. The van der Waals surface area contributed by atoms with E-state index in [1.54, 1.807) is 25.5 Å². The van der Waals surface area contributed by atoms with Crippen molar-refractivity contribution in [3.05, 3.63) is 54.0 Å². The third kappa shape index (κ3) is 6.16. The second-order valence-electron chi connectivity index (χ2n) is 5.19. The molecule has 0 spiro atoms. The molecule has 6 nitrogen and oxygen atoms in total. The van der Waals surface area contributed by atoms with Gasteiger partial charge in [-0.1, -0.05) is 12.1 Å². The minimum Gasteiger partial charge on any atom is -0.497 e. The van der Waals surface area contributed by atoms with E-state index >= 15 is 0 Å². The fourth-order valence-corrected chi connectivity index (χ4v) is 2.09. The van der Waals surface area contributed by atoms with Gasteiger partial charge in [-0.3, -0.25) is 9.59 Å². The molecule has 0 bridgehead atoms. The number of furan rings is 1. The Balaban J connectivity index is 1.58. The normalized spacial score (nSPS) is 10.2. The molecule has 6 heteroatoms. The number of carbonyl (C=O) groups excluding carboxylic acids is 2. The molecule has 0 saturated heterocycles. The number of ether oxygens (including phenoxy) is 2. The Morgan fingerprint density at radius 3 is 2.58 bits per heavy atom. The molecule has 0 unspecified atom stereocenters. The lowest BCUT2D eigenvalue weighted by Gasteiger charge is -2.07. The van der Waals surface area contributed by atoms with Crippen molar-refractivity contribution in [2.24, 2.45) is 0 Å². The van der Waals surface area contributed by atoms with Crippen molar-refractivity contribution < 1.29 is 23.5 Å². The number of hydrogen-bond acceptors (Lipinski definition) is 5. The number of amides is 1. The smallest absolute Gasteiger partial charge is 0.306 e. The van der Waals surface area contributed by atoms with Gasteiger partial charge >= 0.3 is 5.97 Å². The highest BCUT2D eigenvalue weighted by Crippen LogP contribution is 2.11. The van der Waals surface area contributed by atoms with Gasteiger partial charge in [0.05, 0.1) is 19.8 Å². The van der Waals surface area contributed by atoms with Crippen LogP contribution in [0.5, 0.6) is 5.75 Å². The zero-order valence-corrected chi connectivity index (χ0v) is 13.6. The maximum atomic E-state index is 11.6. The second kappa shape index (κ2) is 9.39. The van der Waals surface area contributed by atoms with Crippen LogP contribution in [0.25, 0.3) is 0 Å². The van der Waals surface area contributed by atoms with Gasteiger partial charge in [-0.15, -0.1) is 0 Å². The van der Waals surface area contributed by atoms with E-state index in [0.29, 0.717) is 19.4 Å². The first kappa shape index (κ1) is 17.6. The van der Waals surface area contributed by atoms with Gasteiger partial charge in [0.1, 0.15) is 11.5 Å². The molecule has 0 atom stereocenters. The van der Waals surface area contributed by atoms with Crippen molar-refractivity contribution in [3.8, 4) is 5.75 Å². The lowest BCUT2D eigenvalue weighted by atomic mass is 10.1. The molecule has 0 radical (unpaired) electrons. The zero-order valence-electron chi connectivity index (χ0n) is 13.6. The number of esters is 1. The monoisotopic (exact) mass is 331 g/mol. The first-order chi connectivity index (χ1) is 11.7. The van der Waals surface area contributed by atoms with Crippen molar-refractivity contribution in [3.63, 3.8) is 0 Å². The highest BCUT2D eigenvalue weighted by atomic mass is 16.5. The van der Waals surface area contributed by atoms with Crippen LogP contribution < -0.4 is 10.1 Å². The molecule has 1 aromatic carbocycles. The van der Waals surface area contributed by atoms with Crippen LogP contribution in [0.15, 0.2) is 47.1 Å². The first-order valence-corrected chi connectivity index (χ1v) is 7.75. The minimum absolute atomic E-state index is 0.187. The van der Waals surface area contributed by atoms with Crippen molar-refractivity contribution in [2.45, 2.75) is 19.3 Å². The molecular weight excluding hydrogens is 310 g/mol. The number of carbonyl (C=O) groups is 2. The molecule has 2 aromatic rings. The maximum Gasteiger partial charge on any atom is 0.306 e. The summed E-state index contributed by atoms with van der Waals surface area (Å²) < 4.78 is 15.1. The third-order valence-corrected chi connectivity index (χ3v) is 3.41. The van der Waals surface area contributed by atoms with Crippen molar-refractivity contribution >= 4 is 11.9 Å². The summed E-state index contributed by atoms with van der Waals surface area (Å²) in [6.45, 7) is 0.217. The molecule has 0 saturated carbocycles. The fourth-order valence-electron chi connectivity index (χ4n) is 2.09. The van der Waals surface area contributed by atoms with Gasteiger partial charge in [0.15, 0.2) is 6.61 Å². The summed E-state index contributed by atoms with van der Waals surface area (Å²) in [5, 5.41) is 2.72. The average Bonchev–Trinajstić information content (AvgIpc) is 3.12. The molecule has 24 heavy (non-hydrogen) atoms. The molecule has 0 aliphatic rings. The number of methoxy groups -OCH3 is 1. The Kier molecular flexibility index (Phi) is 6.89. The summed E-state index contributed by atoms with van der Waals surface area (Å²) >= 11 is 0. The topological polar surface area (TPSA) is 77.8 Å². The van der Waals surface area contributed by atoms with E-state index in [4.69, 9.17) is 13.9 Å². The summed E-state index contributed by atoms with van der Waals surface area (Å²) in [7, 11) is 1.62. The van der Waals surface area contributed by atoms with Crippen LogP contribution in [0.3, 0.4) is 0 Å². The fraction of sp³-hybridized carbons (Fsp3) is 0.333. The van der Waals surface area contributed by atoms with E-state index in [0.717, 1.165) is 17.1 Å². The molecule has 1 N–H and O–H groups in total. The number of rotatable bonds is 9. The standard InChI is InChI=1S/C18H21NO5/c1-22-15-6-4-14(5-7-15)10-11-19-17(20)13-24-18(21)9-8-16-3-2-12-23-16/h2-7,12H,8-11,13H2,1H3,(H,19,20). The highest BCUT2D eigenvalue weighted by molar-refractivity contribution is 5.80. The van der Waals surface area contributed by atoms with Crippen molar-refractivity contribution in [1.82, 2.24) is 5.32 Å². The lowest BCUT2D eigenvalue weighted by Crippen LogP contribution is -2.30. The minimum atomic E-state index is -0.420. The van der Waals surface area contributed by atoms with Crippen LogP contribution in [-0.4, -0.2) is 32.1 Å². The molecule has 1 amide bonds. The second-order valence-corrected chi connectivity index (χ2v) is 5.19. The Morgan fingerprint density at radius 2 is 1.92 bits per heavy atom. The number of hydrogen-bond donors (Lipinski definition) is 1. The molecule has 1 aromatic heterocycles. The van der Waals surface area contributed by atoms with E-state index in [1.165, 1.54) is 0 Å². The summed E-state index contributed by atoms with van der Waals surface area (Å²) in [6.07, 6.45) is 2.90. The zero-order chi connectivity index (χ0) is 17.2. The van der Waals surface area contributed by atoms with E-state index < -0.39 is 5.97 Å². The SMILES string of the molecule is COc1ccc(CCNC(=O)COC(=O)CCc2ccco2)cc1. The van der Waals surface area contributed by atoms with Crippen LogP contribution in [0.4, 0.5) is 0 Å². The van der Waals surface area contributed by atoms with Crippen LogP contribution >= 0.6 is 0 Å². The number of aryl methyl sites for hydroxylation is 1. The molecule has 0 aliphatic carbocycles. The molecule has 0 aliphatic heterocycles. The molecule has 128 valence electrons. The van der Waals surface area contributed by atoms with Crippen LogP contribution in [-0.2, 0) is 27.2 Å². The molecule has 0 fully saturated rings. The van der Waals surface area contributed by atoms with Crippen molar-refractivity contribution in [2.75, 3.05) is 20.3 Å².